The topological polar surface area (TPSA) is 75.0 Å². The fourth-order valence-corrected chi connectivity index (χ4v) is 3.16. The molecule has 1 fully saturated rings. The molecule has 0 unspecified atom stereocenters. The highest BCUT2D eigenvalue weighted by atomic mass is 35.5. The summed E-state index contributed by atoms with van der Waals surface area (Å²) in [7, 11) is 0. The summed E-state index contributed by atoms with van der Waals surface area (Å²) in [6, 6.07) is 1.75. The summed E-state index contributed by atoms with van der Waals surface area (Å²) in [4.78, 5) is 14.6. The van der Waals surface area contributed by atoms with E-state index in [1.807, 2.05) is 18.0 Å². The average Bonchev–Trinajstić information content (AvgIpc) is 3.13. The molecule has 118 valence electrons. The maximum absolute atomic E-state index is 12.6. The van der Waals surface area contributed by atoms with Crippen molar-refractivity contribution in [2.24, 2.45) is 0 Å². The normalized spacial score (nSPS) is 18.6. The number of nitrogens with one attached hydrogen (secondary N) is 1. The third kappa shape index (κ3) is 3.16. The van der Waals surface area contributed by atoms with E-state index < -0.39 is 0 Å². The summed E-state index contributed by atoms with van der Waals surface area (Å²) in [6.45, 7) is 2.81. The quantitative estimate of drug-likeness (QED) is 0.938. The number of likely N-dealkylation sites (tertiary alicyclic amines) is 1. The molecule has 7 heteroatoms. The number of aromatic nitrogens is 3. The van der Waals surface area contributed by atoms with E-state index in [1.54, 1.807) is 6.07 Å². The lowest BCUT2D eigenvalue weighted by Crippen LogP contribution is -2.39. The third-order valence-corrected chi connectivity index (χ3v) is 4.32. The largest absolute Gasteiger partial charge is 0.360 e. The zero-order valence-corrected chi connectivity index (χ0v) is 13.3. The Balaban J connectivity index is 1.67. The number of rotatable bonds is 4. The van der Waals surface area contributed by atoms with E-state index >= 15 is 0 Å². The number of piperidine rings is 1. The Hall–Kier alpha value is -1.82. The van der Waals surface area contributed by atoms with E-state index in [1.165, 1.54) is 0 Å². The number of amides is 1. The van der Waals surface area contributed by atoms with Crippen LogP contribution >= 0.6 is 11.6 Å². The Kier molecular flexibility index (Phi) is 4.47. The highest BCUT2D eigenvalue weighted by Crippen LogP contribution is 2.32. The molecule has 1 saturated heterocycles. The van der Waals surface area contributed by atoms with Gasteiger partial charge in [0.2, 0.25) is 5.91 Å². The van der Waals surface area contributed by atoms with E-state index in [9.17, 15) is 4.79 Å². The molecule has 0 radical (unpaired) electrons. The number of carbonyl (C=O) groups excluding carboxylic acids is 1. The number of H-pyrrole nitrogens is 1. The second-order valence-electron chi connectivity index (χ2n) is 5.68. The highest BCUT2D eigenvalue weighted by molar-refractivity contribution is 6.29. The molecule has 6 nitrogen and oxygen atoms in total. The van der Waals surface area contributed by atoms with Gasteiger partial charge in [-0.15, -0.1) is 0 Å². The van der Waals surface area contributed by atoms with Gasteiger partial charge in [-0.25, -0.2) is 0 Å². The molecule has 0 saturated carbocycles. The number of nitrogens with zero attached hydrogens (tertiary/aromatic N) is 3. The van der Waals surface area contributed by atoms with Crippen molar-refractivity contribution in [3.63, 3.8) is 0 Å². The summed E-state index contributed by atoms with van der Waals surface area (Å²) in [5, 5.41) is 11.1. The summed E-state index contributed by atoms with van der Waals surface area (Å²) in [5.41, 5.74) is 2.16. The van der Waals surface area contributed by atoms with Gasteiger partial charge in [-0.05, 0) is 31.7 Å². The van der Waals surface area contributed by atoms with Gasteiger partial charge in [0.1, 0.15) is 5.76 Å². The first-order valence-corrected chi connectivity index (χ1v) is 7.93. The van der Waals surface area contributed by atoms with Gasteiger partial charge >= 0.3 is 0 Å². The van der Waals surface area contributed by atoms with Crippen molar-refractivity contribution in [1.82, 2.24) is 20.3 Å². The molecule has 0 bridgehead atoms. The van der Waals surface area contributed by atoms with Crippen LogP contribution in [0.4, 0.5) is 0 Å². The summed E-state index contributed by atoms with van der Waals surface area (Å²) in [5.74, 6) is 0.774. The molecule has 1 N–H and O–H groups in total. The monoisotopic (exact) mass is 322 g/mol. The maximum atomic E-state index is 12.6. The van der Waals surface area contributed by atoms with Crippen LogP contribution in [0.25, 0.3) is 0 Å². The van der Waals surface area contributed by atoms with E-state index in [0.29, 0.717) is 23.8 Å². The lowest BCUT2D eigenvalue weighted by molar-refractivity contribution is -0.135. The Morgan fingerprint density at radius 2 is 2.41 bits per heavy atom. The molecule has 2 aromatic rings. The average molecular weight is 323 g/mol. The minimum Gasteiger partial charge on any atom is -0.360 e. The summed E-state index contributed by atoms with van der Waals surface area (Å²) >= 11 is 5.72. The van der Waals surface area contributed by atoms with E-state index in [2.05, 4.69) is 15.4 Å². The molecular weight excluding hydrogens is 304 g/mol. The van der Waals surface area contributed by atoms with Crippen LogP contribution in [0, 0.1) is 6.92 Å². The first-order chi connectivity index (χ1) is 10.6. The fraction of sp³-hybridized carbons (Fsp3) is 0.533. The zero-order chi connectivity index (χ0) is 15.5. The number of aryl methyl sites for hydroxylation is 2. The molecule has 1 atom stereocenters. The van der Waals surface area contributed by atoms with Gasteiger partial charge in [0, 0.05) is 25.5 Å². The van der Waals surface area contributed by atoms with Gasteiger partial charge in [0.15, 0.2) is 5.15 Å². The molecule has 0 aliphatic carbocycles. The molecule has 22 heavy (non-hydrogen) atoms. The molecule has 3 heterocycles. The standard InChI is InChI=1S/C15H19ClN4O2/c1-10-9-17-18-15(10)12-4-2-3-7-20(12)14(21)6-5-11-8-13(16)19-22-11/h8-9,12H,2-7H2,1H3,(H,17,18)/t12-/m0/s1. The highest BCUT2D eigenvalue weighted by Gasteiger charge is 2.29. The molecule has 1 aliphatic rings. The Morgan fingerprint density at radius 3 is 3.09 bits per heavy atom. The van der Waals surface area contributed by atoms with Crippen molar-refractivity contribution in [3.05, 3.63) is 34.4 Å². The van der Waals surface area contributed by atoms with Crippen molar-refractivity contribution in [2.45, 2.75) is 45.1 Å². The van der Waals surface area contributed by atoms with Gasteiger partial charge in [-0.2, -0.15) is 5.10 Å². The van der Waals surface area contributed by atoms with Crippen LogP contribution < -0.4 is 0 Å². The Labute approximate surface area is 133 Å². The van der Waals surface area contributed by atoms with E-state index in [4.69, 9.17) is 16.1 Å². The van der Waals surface area contributed by atoms with Crippen molar-refractivity contribution in [1.29, 1.82) is 0 Å². The summed E-state index contributed by atoms with van der Waals surface area (Å²) < 4.78 is 5.05. The predicted octanol–water partition coefficient (Wildman–Crippen LogP) is 3.05. The minimum absolute atomic E-state index is 0.0991. The molecular formula is C15H19ClN4O2. The number of halogens is 1. The lowest BCUT2D eigenvalue weighted by Gasteiger charge is -2.35. The van der Waals surface area contributed by atoms with Crippen molar-refractivity contribution in [2.75, 3.05) is 6.54 Å². The minimum atomic E-state index is 0.0991. The first kappa shape index (κ1) is 15.1. The van der Waals surface area contributed by atoms with E-state index in [0.717, 1.165) is 37.1 Å². The number of carbonyl (C=O) groups is 1. The SMILES string of the molecule is Cc1cn[nH]c1[C@@H]1CCCCN1C(=O)CCc1cc(Cl)no1. The van der Waals surface area contributed by atoms with Crippen LogP contribution in [-0.4, -0.2) is 32.7 Å². The molecule has 0 spiro atoms. The lowest BCUT2D eigenvalue weighted by atomic mass is 9.97. The van der Waals surface area contributed by atoms with Crippen LogP contribution in [0.5, 0.6) is 0 Å². The number of hydrogen-bond acceptors (Lipinski definition) is 4. The van der Waals surface area contributed by atoms with Gasteiger partial charge in [-0.3, -0.25) is 9.89 Å². The van der Waals surface area contributed by atoms with Crippen molar-refractivity contribution in [3.8, 4) is 0 Å². The summed E-state index contributed by atoms with van der Waals surface area (Å²) in [6.07, 6.45) is 5.87. The van der Waals surface area contributed by atoms with Gasteiger partial charge < -0.3 is 9.42 Å². The first-order valence-electron chi connectivity index (χ1n) is 7.55. The van der Waals surface area contributed by atoms with Crippen molar-refractivity contribution >= 4 is 17.5 Å². The fourth-order valence-electron chi connectivity index (χ4n) is 3.00. The molecule has 1 amide bonds. The van der Waals surface area contributed by atoms with Crippen LogP contribution in [0.15, 0.2) is 16.8 Å². The Morgan fingerprint density at radius 1 is 1.55 bits per heavy atom. The van der Waals surface area contributed by atoms with Gasteiger partial charge in [0.05, 0.1) is 17.9 Å². The second-order valence-corrected chi connectivity index (χ2v) is 6.07. The zero-order valence-electron chi connectivity index (χ0n) is 12.5. The van der Waals surface area contributed by atoms with E-state index in [-0.39, 0.29) is 11.9 Å². The van der Waals surface area contributed by atoms with Crippen LogP contribution in [0.3, 0.4) is 0 Å². The van der Waals surface area contributed by atoms with Gasteiger partial charge in [-0.1, -0.05) is 16.8 Å². The predicted molar refractivity (Wildman–Crippen MR) is 81.5 cm³/mol. The smallest absolute Gasteiger partial charge is 0.223 e. The second kappa shape index (κ2) is 6.52. The molecule has 2 aromatic heterocycles. The van der Waals surface area contributed by atoms with Crippen LogP contribution in [-0.2, 0) is 11.2 Å². The van der Waals surface area contributed by atoms with Crippen molar-refractivity contribution < 1.29 is 9.32 Å². The molecule has 3 rings (SSSR count). The van der Waals surface area contributed by atoms with Crippen LogP contribution in [0.2, 0.25) is 5.15 Å². The van der Waals surface area contributed by atoms with Crippen LogP contribution in [0.1, 0.15) is 48.7 Å². The molecule has 0 aromatic carbocycles. The molecule has 1 aliphatic heterocycles. The third-order valence-electron chi connectivity index (χ3n) is 4.14. The maximum Gasteiger partial charge on any atom is 0.223 e. The number of hydrogen-bond donors (Lipinski definition) is 1. The van der Waals surface area contributed by atoms with Gasteiger partial charge in [0.25, 0.3) is 0 Å². The number of aromatic amines is 1. The Bertz CT molecular complexity index is 652.